The van der Waals surface area contributed by atoms with E-state index in [1.54, 1.807) is 0 Å². The third-order valence-electron chi connectivity index (χ3n) is 4.94. The second kappa shape index (κ2) is 10.6. The van der Waals surface area contributed by atoms with E-state index < -0.39 is 5.60 Å². The van der Waals surface area contributed by atoms with Crippen LogP contribution >= 0.6 is 0 Å². The summed E-state index contributed by atoms with van der Waals surface area (Å²) in [6, 6.07) is 29.5. The molecular weight excluding hydrogens is 358 g/mol. The maximum atomic E-state index is 11.5. The van der Waals surface area contributed by atoms with Crippen LogP contribution in [0, 0.1) is 11.8 Å². The average Bonchev–Trinajstić information content (AvgIpc) is 2.78. The summed E-state index contributed by atoms with van der Waals surface area (Å²) in [4.78, 5) is 2.10. The largest absolute Gasteiger partial charge is 0.395 e. The van der Waals surface area contributed by atoms with E-state index in [0.29, 0.717) is 19.5 Å². The molecule has 2 N–H and O–H groups in total. The lowest BCUT2D eigenvalue weighted by atomic mass is 9.84. The zero-order chi connectivity index (χ0) is 20.4. The molecule has 0 heterocycles. The maximum absolute atomic E-state index is 11.5. The van der Waals surface area contributed by atoms with Crippen molar-refractivity contribution in [2.75, 3.05) is 19.7 Å². The van der Waals surface area contributed by atoms with Crippen LogP contribution in [0.4, 0.5) is 0 Å². The Labute approximate surface area is 173 Å². The van der Waals surface area contributed by atoms with E-state index in [2.05, 4.69) is 28.9 Å². The summed E-state index contributed by atoms with van der Waals surface area (Å²) >= 11 is 0. The molecule has 0 spiro atoms. The van der Waals surface area contributed by atoms with Crippen LogP contribution in [0.15, 0.2) is 91.0 Å². The lowest BCUT2D eigenvalue weighted by Gasteiger charge is -2.27. The minimum Gasteiger partial charge on any atom is -0.395 e. The molecule has 0 bridgehead atoms. The number of rotatable bonds is 8. The smallest absolute Gasteiger partial charge is 0.125 e. The van der Waals surface area contributed by atoms with Gasteiger partial charge in [0.1, 0.15) is 5.60 Å². The Balaban J connectivity index is 1.73. The van der Waals surface area contributed by atoms with Gasteiger partial charge in [0.25, 0.3) is 0 Å². The Kier molecular flexibility index (Phi) is 7.61. The molecule has 0 amide bonds. The Morgan fingerprint density at radius 2 is 1.24 bits per heavy atom. The first-order valence-electron chi connectivity index (χ1n) is 9.88. The van der Waals surface area contributed by atoms with Gasteiger partial charge in [-0.1, -0.05) is 103 Å². The first-order valence-corrected chi connectivity index (χ1v) is 9.88. The molecule has 148 valence electrons. The summed E-state index contributed by atoms with van der Waals surface area (Å²) in [6.45, 7) is 1.92. The molecule has 3 nitrogen and oxygen atoms in total. The van der Waals surface area contributed by atoms with E-state index >= 15 is 0 Å². The molecule has 3 heteroatoms. The fraction of sp³-hybridized carbons (Fsp3) is 0.231. The van der Waals surface area contributed by atoms with Crippen molar-refractivity contribution in [3.63, 3.8) is 0 Å². The van der Waals surface area contributed by atoms with E-state index in [0.717, 1.165) is 17.7 Å². The zero-order valence-electron chi connectivity index (χ0n) is 16.5. The van der Waals surface area contributed by atoms with Gasteiger partial charge < -0.3 is 10.2 Å². The van der Waals surface area contributed by atoms with Gasteiger partial charge in [0, 0.05) is 19.5 Å². The zero-order valence-corrected chi connectivity index (χ0v) is 16.5. The first kappa shape index (κ1) is 20.8. The minimum atomic E-state index is -1.16. The van der Waals surface area contributed by atoms with Crippen molar-refractivity contribution < 1.29 is 10.2 Å². The first-order chi connectivity index (χ1) is 14.2. The number of aliphatic hydroxyl groups excluding tert-OH is 1. The van der Waals surface area contributed by atoms with Gasteiger partial charge in [-0.25, -0.2) is 0 Å². The Morgan fingerprint density at radius 1 is 0.724 bits per heavy atom. The molecule has 0 atom stereocenters. The summed E-state index contributed by atoms with van der Waals surface area (Å²) in [5, 5.41) is 20.9. The second-order valence-electron chi connectivity index (χ2n) is 7.04. The van der Waals surface area contributed by atoms with Gasteiger partial charge in [-0.15, -0.1) is 0 Å². The molecule has 3 rings (SSSR count). The summed E-state index contributed by atoms with van der Waals surface area (Å²) in [5.41, 5.74) is 1.69. The van der Waals surface area contributed by atoms with Gasteiger partial charge in [0.2, 0.25) is 0 Å². The summed E-state index contributed by atoms with van der Waals surface area (Å²) in [5.74, 6) is 6.36. The van der Waals surface area contributed by atoms with Crippen molar-refractivity contribution in [2.45, 2.75) is 18.6 Å². The van der Waals surface area contributed by atoms with Crippen molar-refractivity contribution in [1.29, 1.82) is 0 Å². The minimum absolute atomic E-state index is 0.0898. The highest BCUT2D eigenvalue weighted by Gasteiger charge is 2.30. The summed E-state index contributed by atoms with van der Waals surface area (Å²) in [6.07, 6.45) is 0.305. The van der Waals surface area contributed by atoms with Crippen molar-refractivity contribution >= 4 is 0 Å². The van der Waals surface area contributed by atoms with E-state index in [1.165, 1.54) is 5.56 Å². The average molecular weight is 386 g/mol. The summed E-state index contributed by atoms with van der Waals surface area (Å²) < 4.78 is 0. The molecule has 0 aliphatic heterocycles. The van der Waals surface area contributed by atoms with Crippen LogP contribution in [-0.4, -0.2) is 34.8 Å². The van der Waals surface area contributed by atoms with E-state index in [9.17, 15) is 10.2 Å². The third kappa shape index (κ3) is 5.79. The fourth-order valence-corrected chi connectivity index (χ4v) is 3.35. The van der Waals surface area contributed by atoms with Crippen LogP contribution in [0.25, 0.3) is 0 Å². The molecule has 0 aliphatic rings. The predicted molar refractivity (Wildman–Crippen MR) is 117 cm³/mol. The lowest BCUT2D eigenvalue weighted by molar-refractivity contribution is 0.0864. The number of hydrogen-bond donors (Lipinski definition) is 2. The van der Waals surface area contributed by atoms with Crippen LogP contribution in [-0.2, 0) is 12.1 Å². The van der Waals surface area contributed by atoms with Crippen molar-refractivity contribution in [1.82, 2.24) is 4.90 Å². The number of nitrogens with zero attached hydrogens (tertiary/aromatic N) is 1. The van der Waals surface area contributed by atoms with E-state index in [-0.39, 0.29) is 6.61 Å². The summed E-state index contributed by atoms with van der Waals surface area (Å²) in [7, 11) is 0. The molecule has 29 heavy (non-hydrogen) atoms. The Hall–Kier alpha value is -2.90. The number of benzene rings is 3. The molecule has 0 fully saturated rings. The van der Waals surface area contributed by atoms with Crippen LogP contribution < -0.4 is 0 Å². The van der Waals surface area contributed by atoms with Crippen molar-refractivity contribution in [3.8, 4) is 11.8 Å². The Morgan fingerprint density at radius 3 is 1.76 bits per heavy atom. The molecule has 0 aliphatic carbocycles. The van der Waals surface area contributed by atoms with Gasteiger partial charge in [0.15, 0.2) is 0 Å². The molecule has 3 aromatic rings. The highest BCUT2D eigenvalue weighted by Crippen LogP contribution is 2.32. The van der Waals surface area contributed by atoms with Gasteiger partial charge in [-0.2, -0.15) is 0 Å². The monoisotopic (exact) mass is 385 g/mol. The van der Waals surface area contributed by atoms with Crippen LogP contribution in [0.2, 0.25) is 0 Å². The molecule has 0 saturated carbocycles. The SMILES string of the molecule is OCCN(CC#CCC(O)(c1ccccc1)c1ccccc1)Cc1ccccc1. The number of aliphatic hydroxyl groups is 2. The molecule has 0 saturated heterocycles. The van der Waals surface area contributed by atoms with E-state index in [4.69, 9.17) is 0 Å². The molecule has 0 unspecified atom stereocenters. The van der Waals surface area contributed by atoms with Crippen LogP contribution in [0.5, 0.6) is 0 Å². The van der Waals surface area contributed by atoms with Gasteiger partial charge >= 0.3 is 0 Å². The van der Waals surface area contributed by atoms with Crippen LogP contribution in [0.1, 0.15) is 23.1 Å². The quantitative estimate of drug-likeness (QED) is 0.580. The van der Waals surface area contributed by atoms with Crippen LogP contribution in [0.3, 0.4) is 0 Å². The van der Waals surface area contributed by atoms with Crippen molar-refractivity contribution in [3.05, 3.63) is 108 Å². The normalized spacial score (nSPS) is 11.1. The van der Waals surface area contributed by atoms with Gasteiger partial charge in [-0.05, 0) is 16.7 Å². The lowest BCUT2D eigenvalue weighted by Crippen LogP contribution is -2.28. The standard InChI is InChI=1S/C26H27NO2/c28-21-20-27(22-23-12-4-1-5-13-23)19-11-10-18-26(29,24-14-6-2-7-15-24)25-16-8-3-9-17-25/h1-9,12-17,28-29H,18-22H2. The van der Waals surface area contributed by atoms with Crippen molar-refractivity contribution in [2.24, 2.45) is 0 Å². The van der Waals surface area contributed by atoms with Gasteiger partial charge in [-0.3, -0.25) is 4.90 Å². The van der Waals surface area contributed by atoms with E-state index in [1.807, 2.05) is 78.9 Å². The molecular formula is C26H27NO2. The number of hydrogen-bond acceptors (Lipinski definition) is 3. The maximum Gasteiger partial charge on any atom is 0.125 e. The highest BCUT2D eigenvalue weighted by atomic mass is 16.3. The topological polar surface area (TPSA) is 43.7 Å². The molecule has 0 radical (unpaired) electrons. The molecule has 3 aromatic carbocycles. The molecule has 0 aromatic heterocycles. The van der Waals surface area contributed by atoms with Gasteiger partial charge in [0.05, 0.1) is 13.2 Å². The highest BCUT2D eigenvalue weighted by molar-refractivity contribution is 5.37. The fourth-order valence-electron chi connectivity index (χ4n) is 3.35. The predicted octanol–water partition coefficient (Wildman–Crippen LogP) is 3.81. The Bertz CT molecular complexity index is 875. The second-order valence-corrected chi connectivity index (χ2v) is 7.04. The third-order valence-corrected chi connectivity index (χ3v) is 4.94.